The van der Waals surface area contributed by atoms with Crippen LogP contribution in [0.15, 0.2) is 60.7 Å². The van der Waals surface area contributed by atoms with Crippen molar-refractivity contribution in [3.05, 3.63) is 71.8 Å². The molecular weight excluding hydrogens is 328 g/mol. The van der Waals surface area contributed by atoms with Crippen molar-refractivity contribution in [1.29, 1.82) is 0 Å². The van der Waals surface area contributed by atoms with Crippen LogP contribution in [0.5, 0.6) is 0 Å². The quantitative estimate of drug-likeness (QED) is 0.660. The Bertz CT molecular complexity index is 773. The molecule has 0 aliphatic carbocycles. The maximum atomic E-state index is 12.1. The van der Waals surface area contributed by atoms with Crippen molar-refractivity contribution >= 4 is 17.9 Å². The highest BCUT2D eigenvalue weighted by Crippen LogP contribution is 2.23. The molecule has 0 bridgehead atoms. The maximum absolute atomic E-state index is 12.1. The highest BCUT2D eigenvalue weighted by molar-refractivity contribution is 5.93. The van der Waals surface area contributed by atoms with Gasteiger partial charge in [-0.05, 0) is 24.3 Å². The van der Waals surface area contributed by atoms with Crippen molar-refractivity contribution in [2.45, 2.75) is 18.5 Å². The van der Waals surface area contributed by atoms with E-state index in [1.54, 1.807) is 36.4 Å². The third-order valence-corrected chi connectivity index (χ3v) is 3.54. The average molecular weight is 342 g/mol. The standard InChI is InChI=1S/C18H14O7/c19-15(11-7-3-1-4-8-11)23-13-14(18(22)25-17(13)21)24-16(20)12-9-5-2-6-10-12/h1-10,13-14,17,21H/t13-,14-,17?/m0/s1. The number of cyclic esters (lactones) is 1. The fourth-order valence-electron chi connectivity index (χ4n) is 2.30. The highest BCUT2D eigenvalue weighted by atomic mass is 16.7. The maximum Gasteiger partial charge on any atom is 0.354 e. The number of benzene rings is 2. The van der Waals surface area contributed by atoms with Crippen LogP contribution in [0.3, 0.4) is 0 Å². The summed E-state index contributed by atoms with van der Waals surface area (Å²) in [7, 11) is 0. The van der Waals surface area contributed by atoms with Gasteiger partial charge in [0.05, 0.1) is 11.1 Å². The summed E-state index contributed by atoms with van der Waals surface area (Å²) < 4.78 is 14.8. The van der Waals surface area contributed by atoms with Gasteiger partial charge in [0.1, 0.15) is 0 Å². The fourth-order valence-corrected chi connectivity index (χ4v) is 2.30. The normalized spacial score (nSPS) is 22.1. The Morgan fingerprint density at radius 3 is 1.84 bits per heavy atom. The average Bonchev–Trinajstić information content (AvgIpc) is 2.90. The fraction of sp³-hybridized carbons (Fsp3) is 0.167. The summed E-state index contributed by atoms with van der Waals surface area (Å²) in [6.07, 6.45) is -4.71. The molecule has 7 heteroatoms. The number of rotatable bonds is 4. The van der Waals surface area contributed by atoms with Gasteiger partial charge in [-0.1, -0.05) is 36.4 Å². The summed E-state index contributed by atoms with van der Waals surface area (Å²) in [5.41, 5.74) is 0.437. The first kappa shape index (κ1) is 16.7. The van der Waals surface area contributed by atoms with Gasteiger partial charge in [-0.3, -0.25) is 0 Å². The van der Waals surface area contributed by atoms with Gasteiger partial charge in [0.25, 0.3) is 0 Å². The van der Waals surface area contributed by atoms with Crippen molar-refractivity contribution in [2.75, 3.05) is 0 Å². The minimum atomic E-state index is -1.71. The number of aliphatic hydroxyl groups excluding tert-OH is 1. The zero-order valence-electron chi connectivity index (χ0n) is 12.9. The lowest BCUT2D eigenvalue weighted by atomic mass is 10.2. The molecule has 1 heterocycles. The van der Waals surface area contributed by atoms with Crippen molar-refractivity contribution in [3.63, 3.8) is 0 Å². The molecule has 7 nitrogen and oxygen atoms in total. The second kappa shape index (κ2) is 7.14. The van der Waals surface area contributed by atoms with E-state index in [-0.39, 0.29) is 11.1 Å². The third kappa shape index (κ3) is 3.67. The van der Waals surface area contributed by atoms with Gasteiger partial charge in [-0.2, -0.15) is 0 Å². The first-order chi connectivity index (χ1) is 12.1. The lowest BCUT2D eigenvalue weighted by molar-refractivity contribution is -0.160. The zero-order chi connectivity index (χ0) is 17.8. The molecule has 3 rings (SSSR count). The monoisotopic (exact) mass is 342 g/mol. The minimum Gasteiger partial charge on any atom is -0.447 e. The molecule has 2 aromatic rings. The summed E-state index contributed by atoms with van der Waals surface area (Å²) in [4.78, 5) is 36.0. The van der Waals surface area contributed by atoms with Gasteiger partial charge < -0.3 is 19.3 Å². The predicted octanol–water partition coefficient (Wildman–Crippen LogP) is 1.31. The highest BCUT2D eigenvalue weighted by Gasteiger charge is 2.49. The summed E-state index contributed by atoms with van der Waals surface area (Å²) in [6.45, 7) is 0. The molecule has 1 aliphatic rings. The molecule has 1 fully saturated rings. The number of carbonyl (C=O) groups is 3. The van der Waals surface area contributed by atoms with Crippen molar-refractivity contribution < 1.29 is 33.7 Å². The summed E-state index contributed by atoms with van der Waals surface area (Å²) in [5.74, 6) is -2.55. The number of hydrogen-bond donors (Lipinski definition) is 1. The first-order valence-corrected chi connectivity index (χ1v) is 7.47. The number of ether oxygens (including phenoxy) is 3. The molecule has 1 aliphatic heterocycles. The van der Waals surface area contributed by atoms with Crippen LogP contribution >= 0.6 is 0 Å². The summed E-state index contributed by atoms with van der Waals surface area (Å²) in [6, 6.07) is 16.0. The molecule has 0 aromatic heterocycles. The predicted molar refractivity (Wildman–Crippen MR) is 83.4 cm³/mol. The molecule has 1 N–H and O–H groups in total. The third-order valence-electron chi connectivity index (χ3n) is 3.54. The van der Waals surface area contributed by atoms with Crippen LogP contribution in [-0.4, -0.2) is 41.5 Å². The minimum absolute atomic E-state index is 0.213. The Balaban J connectivity index is 1.74. The SMILES string of the molecule is O=C(O[C@@H]1C(=O)OC(O)[C@H]1OC(=O)c1ccccc1)c1ccccc1. The summed E-state index contributed by atoms with van der Waals surface area (Å²) in [5, 5.41) is 9.80. The molecule has 1 saturated heterocycles. The Labute approximate surface area is 142 Å². The Morgan fingerprint density at radius 1 is 0.840 bits per heavy atom. The molecule has 25 heavy (non-hydrogen) atoms. The topological polar surface area (TPSA) is 99.1 Å². The molecule has 0 radical (unpaired) electrons. The second-order valence-electron chi connectivity index (χ2n) is 5.26. The van der Waals surface area contributed by atoms with Gasteiger partial charge in [0.2, 0.25) is 18.5 Å². The van der Waals surface area contributed by atoms with E-state index in [4.69, 9.17) is 9.47 Å². The van der Waals surface area contributed by atoms with E-state index >= 15 is 0 Å². The van der Waals surface area contributed by atoms with Crippen LogP contribution in [0.4, 0.5) is 0 Å². The molecular formula is C18H14O7. The van der Waals surface area contributed by atoms with E-state index in [1.165, 1.54) is 24.3 Å². The van der Waals surface area contributed by atoms with Gasteiger partial charge in [-0.15, -0.1) is 0 Å². The van der Waals surface area contributed by atoms with Gasteiger partial charge >= 0.3 is 17.9 Å². The van der Waals surface area contributed by atoms with Crippen LogP contribution < -0.4 is 0 Å². The molecule has 1 unspecified atom stereocenters. The van der Waals surface area contributed by atoms with E-state index < -0.39 is 36.4 Å². The Morgan fingerprint density at radius 2 is 1.32 bits per heavy atom. The van der Waals surface area contributed by atoms with Gasteiger partial charge in [0.15, 0.2) is 0 Å². The van der Waals surface area contributed by atoms with E-state index in [2.05, 4.69) is 4.74 Å². The smallest absolute Gasteiger partial charge is 0.354 e. The van der Waals surface area contributed by atoms with Crippen molar-refractivity contribution in [2.24, 2.45) is 0 Å². The van der Waals surface area contributed by atoms with E-state index in [1.807, 2.05) is 0 Å². The molecule has 0 spiro atoms. The van der Waals surface area contributed by atoms with Crippen molar-refractivity contribution in [3.8, 4) is 0 Å². The lowest BCUT2D eigenvalue weighted by Gasteiger charge is -2.18. The lowest BCUT2D eigenvalue weighted by Crippen LogP contribution is -2.39. The molecule has 3 atom stereocenters. The van der Waals surface area contributed by atoms with Gasteiger partial charge in [0, 0.05) is 0 Å². The summed E-state index contributed by atoms with van der Waals surface area (Å²) >= 11 is 0. The van der Waals surface area contributed by atoms with E-state index in [9.17, 15) is 19.5 Å². The Kier molecular flexibility index (Phi) is 4.76. The van der Waals surface area contributed by atoms with Crippen LogP contribution in [0.25, 0.3) is 0 Å². The molecule has 128 valence electrons. The largest absolute Gasteiger partial charge is 0.447 e. The van der Waals surface area contributed by atoms with E-state index in [0.29, 0.717) is 0 Å². The molecule has 0 saturated carbocycles. The first-order valence-electron chi connectivity index (χ1n) is 7.47. The number of carbonyl (C=O) groups excluding carboxylic acids is 3. The van der Waals surface area contributed by atoms with Crippen LogP contribution in [0.2, 0.25) is 0 Å². The second-order valence-corrected chi connectivity index (χ2v) is 5.26. The molecule has 0 amide bonds. The number of esters is 3. The number of aliphatic hydroxyl groups is 1. The van der Waals surface area contributed by atoms with Crippen molar-refractivity contribution in [1.82, 2.24) is 0 Å². The Hall–Kier alpha value is -3.19. The van der Waals surface area contributed by atoms with Crippen LogP contribution in [0, 0.1) is 0 Å². The number of hydrogen-bond acceptors (Lipinski definition) is 7. The van der Waals surface area contributed by atoms with E-state index in [0.717, 1.165) is 0 Å². The van der Waals surface area contributed by atoms with Crippen LogP contribution in [0.1, 0.15) is 20.7 Å². The van der Waals surface area contributed by atoms with Gasteiger partial charge in [-0.25, -0.2) is 14.4 Å². The molecule has 2 aromatic carbocycles. The zero-order valence-corrected chi connectivity index (χ0v) is 12.9. The van der Waals surface area contributed by atoms with Crippen LogP contribution in [-0.2, 0) is 19.0 Å².